The molecular weight excluding hydrogens is 376 g/mol. The molecule has 0 radical (unpaired) electrons. The molecule has 0 aliphatic heterocycles. The average Bonchev–Trinajstić information content (AvgIpc) is 2.82. The van der Waals surface area contributed by atoms with Gasteiger partial charge in [0.1, 0.15) is 0 Å². The van der Waals surface area contributed by atoms with E-state index in [4.69, 9.17) is 15.0 Å². The number of unbranched alkanes of at least 4 members (excludes halogenated alkanes) is 12. The molecule has 0 heterocycles. The first-order valence-corrected chi connectivity index (χ1v) is 11.8. The molecule has 0 unspecified atom stereocenters. The normalized spacial score (nSPS) is 12.6. The molecule has 0 fully saturated rings. The molecule has 0 N–H and O–H groups in total. The average molecular weight is 423 g/mol. The lowest BCUT2D eigenvalue weighted by molar-refractivity contribution is 0.0450. The van der Waals surface area contributed by atoms with Gasteiger partial charge in [-0.25, -0.2) is 9.59 Å². The van der Waals surface area contributed by atoms with Crippen LogP contribution in [0.3, 0.4) is 0 Å². The standard InChI is InChI=1S/C26H42O4/c1-3-5-7-9-11-13-17-21-29-25(27)23-19-15-16-20-24(23)26(28)30-22-18-14-12-10-8-6-4-2/h15-16,19-20H,3-14,17-18,21-22H2,1-2H3/i15D,16D,19D,20D. The largest absolute Gasteiger partial charge is 0.462 e. The minimum Gasteiger partial charge on any atom is -0.462 e. The highest BCUT2D eigenvalue weighted by Crippen LogP contribution is 2.14. The summed E-state index contributed by atoms with van der Waals surface area (Å²) in [5.74, 6) is -1.83. The van der Waals surface area contributed by atoms with E-state index >= 15 is 0 Å². The Morgan fingerprint density at radius 3 is 1.33 bits per heavy atom. The molecule has 0 saturated carbocycles. The summed E-state index contributed by atoms with van der Waals surface area (Å²) >= 11 is 0. The van der Waals surface area contributed by atoms with Crippen LogP contribution in [0.2, 0.25) is 0 Å². The second-order valence-corrected chi connectivity index (χ2v) is 7.76. The predicted octanol–water partition coefficient (Wildman–Crippen LogP) is 7.50. The molecule has 0 amide bonds. The highest BCUT2D eigenvalue weighted by atomic mass is 16.5. The van der Waals surface area contributed by atoms with Crippen molar-refractivity contribution < 1.29 is 24.5 Å². The summed E-state index contributed by atoms with van der Waals surface area (Å²) in [6, 6.07) is -2.30. The Hall–Kier alpha value is -1.84. The maximum Gasteiger partial charge on any atom is 0.339 e. The Balaban J connectivity index is 2.70. The van der Waals surface area contributed by atoms with Crippen molar-refractivity contribution in [3.63, 3.8) is 0 Å². The third kappa shape index (κ3) is 12.0. The molecule has 0 aliphatic rings. The zero-order valence-electron chi connectivity index (χ0n) is 22.9. The molecule has 0 aromatic heterocycles. The summed E-state index contributed by atoms with van der Waals surface area (Å²) in [5.41, 5.74) is -0.892. The van der Waals surface area contributed by atoms with Crippen LogP contribution < -0.4 is 0 Å². The van der Waals surface area contributed by atoms with Crippen molar-refractivity contribution in [2.75, 3.05) is 13.2 Å². The first-order chi connectivity index (χ1) is 16.4. The van der Waals surface area contributed by atoms with Crippen molar-refractivity contribution in [2.45, 2.75) is 104 Å². The summed E-state index contributed by atoms with van der Waals surface area (Å²) in [6.07, 6.45) is 14.8. The Morgan fingerprint density at radius 2 is 0.967 bits per heavy atom. The Kier molecular flexibility index (Phi) is 12.0. The fourth-order valence-corrected chi connectivity index (χ4v) is 3.21. The van der Waals surface area contributed by atoms with Gasteiger partial charge in [0, 0.05) is 0 Å². The SMILES string of the molecule is [2H]c1c([2H])c([2H])c(C(=O)OCCCCCCCCC)c(C(=O)OCCCCCCCCC)c1[2H]. The van der Waals surface area contributed by atoms with Crippen LogP contribution in [-0.4, -0.2) is 25.2 Å². The minimum absolute atomic E-state index is 0.141. The van der Waals surface area contributed by atoms with Crippen LogP contribution in [-0.2, 0) is 9.47 Å². The number of ether oxygens (including phenoxy) is 2. The highest BCUT2D eigenvalue weighted by Gasteiger charge is 2.18. The monoisotopic (exact) mass is 422 g/mol. The summed E-state index contributed by atoms with van der Waals surface area (Å²) in [7, 11) is 0. The van der Waals surface area contributed by atoms with Crippen LogP contribution in [0.1, 0.15) is 130 Å². The molecule has 0 bridgehead atoms. The van der Waals surface area contributed by atoms with E-state index in [-0.39, 0.29) is 13.2 Å². The lowest BCUT2D eigenvalue weighted by atomic mass is 10.1. The topological polar surface area (TPSA) is 52.6 Å². The smallest absolute Gasteiger partial charge is 0.339 e. The van der Waals surface area contributed by atoms with E-state index in [0.717, 1.165) is 38.5 Å². The van der Waals surface area contributed by atoms with E-state index < -0.39 is 47.2 Å². The Bertz CT molecular complexity index is 705. The molecule has 0 aliphatic carbocycles. The number of hydrogen-bond donors (Lipinski definition) is 0. The maximum atomic E-state index is 12.7. The maximum absolute atomic E-state index is 12.7. The second-order valence-electron chi connectivity index (χ2n) is 7.76. The van der Waals surface area contributed by atoms with Crippen LogP contribution in [0.25, 0.3) is 0 Å². The van der Waals surface area contributed by atoms with Gasteiger partial charge in [0.2, 0.25) is 0 Å². The highest BCUT2D eigenvalue weighted by molar-refractivity contribution is 6.03. The number of hydrogen-bond acceptors (Lipinski definition) is 4. The molecule has 30 heavy (non-hydrogen) atoms. The van der Waals surface area contributed by atoms with Gasteiger partial charge in [0.15, 0.2) is 0 Å². The van der Waals surface area contributed by atoms with Gasteiger partial charge in [0.05, 0.1) is 29.8 Å². The molecule has 0 atom stereocenters. The molecule has 4 nitrogen and oxygen atoms in total. The van der Waals surface area contributed by atoms with Gasteiger partial charge in [-0.1, -0.05) is 103 Å². The Morgan fingerprint density at radius 1 is 0.633 bits per heavy atom. The van der Waals surface area contributed by atoms with Crippen molar-refractivity contribution >= 4 is 11.9 Å². The quantitative estimate of drug-likeness (QED) is 0.181. The first-order valence-electron chi connectivity index (χ1n) is 13.8. The summed E-state index contributed by atoms with van der Waals surface area (Å²) in [4.78, 5) is 25.4. The number of rotatable bonds is 18. The molecule has 1 rings (SSSR count). The van der Waals surface area contributed by atoms with Gasteiger partial charge >= 0.3 is 11.9 Å². The van der Waals surface area contributed by atoms with Crippen molar-refractivity contribution in [3.05, 3.63) is 35.3 Å². The van der Waals surface area contributed by atoms with Crippen LogP contribution >= 0.6 is 0 Å². The van der Waals surface area contributed by atoms with E-state index in [0.29, 0.717) is 12.8 Å². The summed E-state index contributed by atoms with van der Waals surface area (Å²) < 4.78 is 42.6. The zero-order valence-corrected chi connectivity index (χ0v) is 18.9. The molecule has 1 aromatic rings. The predicted molar refractivity (Wildman–Crippen MR) is 123 cm³/mol. The second kappa shape index (κ2) is 18.0. The van der Waals surface area contributed by atoms with Gasteiger partial charge in [-0.05, 0) is 24.9 Å². The van der Waals surface area contributed by atoms with E-state index in [1.807, 2.05) is 0 Å². The number of benzene rings is 1. The molecule has 1 aromatic carbocycles. The minimum atomic E-state index is -0.916. The van der Waals surface area contributed by atoms with Gasteiger partial charge < -0.3 is 9.47 Å². The lowest BCUT2D eigenvalue weighted by Crippen LogP contribution is -2.15. The van der Waals surface area contributed by atoms with Crippen molar-refractivity contribution in [1.82, 2.24) is 0 Å². The molecule has 170 valence electrons. The summed E-state index contributed by atoms with van der Waals surface area (Å²) in [5, 5.41) is 0. The van der Waals surface area contributed by atoms with Crippen LogP contribution in [0.15, 0.2) is 24.2 Å². The lowest BCUT2D eigenvalue weighted by Gasteiger charge is -2.10. The zero-order chi connectivity index (χ0) is 25.3. The van der Waals surface area contributed by atoms with Gasteiger partial charge in [-0.2, -0.15) is 0 Å². The molecule has 4 heteroatoms. The van der Waals surface area contributed by atoms with Crippen LogP contribution in [0, 0.1) is 0 Å². The third-order valence-electron chi connectivity index (χ3n) is 5.06. The van der Waals surface area contributed by atoms with Gasteiger partial charge in [-0.3, -0.25) is 0 Å². The number of carbonyl (C=O) groups excluding carboxylic acids is 2. The fourth-order valence-electron chi connectivity index (χ4n) is 3.21. The third-order valence-corrected chi connectivity index (χ3v) is 5.06. The van der Waals surface area contributed by atoms with Crippen LogP contribution in [0.5, 0.6) is 0 Å². The van der Waals surface area contributed by atoms with Gasteiger partial charge in [-0.15, -0.1) is 0 Å². The van der Waals surface area contributed by atoms with Crippen LogP contribution in [0.4, 0.5) is 0 Å². The molecule has 0 spiro atoms. The van der Waals surface area contributed by atoms with E-state index in [1.54, 1.807) is 0 Å². The summed E-state index contributed by atoms with van der Waals surface area (Å²) in [6.45, 7) is 4.61. The van der Waals surface area contributed by atoms with E-state index in [1.165, 1.54) is 38.5 Å². The van der Waals surface area contributed by atoms with Gasteiger partial charge in [0.25, 0.3) is 0 Å². The first kappa shape index (κ1) is 20.1. The van der Waals surface area contributed by atoms with Crippen molar-refractivity contribution in [2.24, 2.45) is 0 Å². The molecule has 0 saturated heterocycles. The van der Waals surface area contributed by atoms with E-state index in [9.17, 15) is 9.59 Å². The van der Waals surface area contributed by atoms with Crippen molar-refractivity contribution in [3.8, 4) is 0 Å². The molecular formula is C26H42O4. The van der Waals surface area contributed by atoms with Crippen molar-refractivity contribution in [1.29, 1.82) is 0 Å². The number of esters is 2. The number of carbonyl (C=O) groups is 2. The van der Waals surface area contributed by atoms with E-state index in [2.05, 4.69) is 13.8 Å². The fraction of sp³-hybridized carbons (Fsp3) is 0.692. The Labute approximate surface area is 189 Å².